The van der Waals surface area contributed by atoms with E-state index in [0.717, 1.165) is 27.4 Å². The summed E-state index contributed by atoms with van der Waals surface area (Å²) in [6.45, 7) is 0.763. The van der Waals surface area contributed by atoms with Crippen LogP contribution in [0.5, 0.6) is 0 Å². The van der Waals surface area contributed by atoms with E-state index in [0.29, 0.717) is 22.8 Å². The fourth-order valence-corrected chi connectivity index (χ4v) is 4.05. The fraction of sp³-hybridized carbons (Fsp3) is 0.304. The molecule has 0 unspecified atom stereocenters. The van der Waals surface area contributed by atoms with Crippen molar-refractivity contribution >= 4 is 23.2 Å². The second-order valence-electron chi connectivity index (χ2n) is 8.16. The molecule has 2 aromatic heterocycles. The van der Waals surface area contributed by atoms with Crippen LogP contribution in [-0.4, -0.2) is 35.3 Å². The second-order valence-corrected chi connectivity index (χ2v) is 9.00. The van der Waals surface area contributed by atoms with Gasteiger partial charge in [-0.3, -0.25) is 4.57 Å². The van der Waals surface area contributed by atoms with Crippen LogP contribution in [0.3, 0.4) is 0 Å². The van der Waals surface area contributed by atoms with E-state index in [1.165, 1.54) is 28.9 Å². The third-order valence-corrected chi connectivity index (χ3v) is 6.03. The van der Waals surface area contributed by atoms with E-state index in [4.69, 9.17) is 23.2 Å². The van der Waals surface area contributed by atoms with Crippen molar-refractivity contribution in [3.05, 3.63) is 80.2 Å². The third kappa shape index (κ3) is 6.04. The Labute approximate surface area is 221 Å². The molecule has 0 fully saturated rings. The molecule has 0 saturated heterocycles. The van der Waals surface area contributed by atoms with Gasteiger partial charge in [0.15, 0.2) is 11.6 Å². The standard InChI is InChI=1S/C23H18Cl2F6N6O/c1-2-19-32-18(33-37(19)17-8-5-14(11-16(17)25)23(29,30)31)12-36-21(38)35(10-9-22(26,27)28)20(34-36)13-3-6-15(24)7-4-13/h3-8,11H,2,9-10,12H2,1H3. The quantitative estimate of drug-likeness (QED) is 0.245. The summed E-state index contributed by atoms with van der Waals surface area (Å²) in [5.41, 5.74) is -1.24. The van der Waals surface area contributed by atoms with Gasteiger partial charge in [0, 0.05) is 23.6 Å². The van der Waals surface area contributed by atoms with Gasteiger partial charge < -0.3 is 0 Å². The predicted octanol–water partition coefficient (Wildman–Crippen LogP) is 6.18. The molecule has 0 radical (unpaired) electrons. The topological polar surface area (TPSA) is 70.5 Å². The highest BCUT2D eigenvalue weighted by molar-refractivity contribution is 6.32. The molecule has 0 amide bonds. The largest absolute Gasteiger partial charge is 0.416 e. The highest BCUT2D eigenvalue weighted by Gasteiger charge is 2.31. The van der Waals surface area contributed by atoms with E-state index < -0.39 is 36.6 Å². The maximum atomic E-state index is 13.0. The van der Waals surface area contributed by atoms with Crippen LogP contribution >= 0.6 is 23.2 Å². The van der Waals surface area contributed by atoms with Crippen LogP contribution in [0, 0.1) is 0 Å². The molecule has 2 aromatic carbocycles. The fourth-order valence-electron chi connectivity index (χ4n) is 3.67. The van der Waals surface area contributed by atoms with Crippen molar-refractivity contribution in [3.63, 3.8) is 0 Å². The van der Waals surface area contributed by atoms with Gasteiger partial charge in [0.2, 0.25) is 0 Å². The van der Waals surface area contributed by atoms with Gasteiger partial charge in [-0.15, -0.1) is 10.2 Å². The minimum absolute atomic E-state index is 0.00292. The van der Waals surface area contributed by atoms with E-state index in [1.807, 2.05) is 0 Å². The number of rotatable bonds is 7. The summed E-state index contributed by atoms with van der Waals surface area (Å²) in [7, 11) is 0. The van der Waals surface area contributed by atoms with Gasteiger partial charge in [-0.2, -0.15) is 26.3 Å². The Morgan fingerprint density at radius 1 is 0.947 bits per heavy atom. The van der Waals surface area contributed by atoms with Crippen molar-refractivity contribution in [2.45, 2.75) is 45.2 Å². The van der Waals surface area contributed by atoms with Crippen molar-refractivity contribution in [2.24, 2.45) is 0 Å². The highest BCUT2D eigenvalue weighted by atomic mass is 35.5. The van der Waals surface area contributed by atoms with Gasteiger partial charge >= 0.3 is 18.0 Å². The normalized spacial score (nSPS) is 12.3. The number of nitrogens with zero attached hydrogens (tertiary/aromatic N) is 6. The van der Waals surface area contributed by atoms with E-state index in [9.17, 15) is 31.1 Å². The maximum Gasteiger partial charge on any atom is 0.416 e. The summed E-state index contributed by atoms with van der Waals surface area (Å²) in [5.74, 6) is 0.393. The molecule has 15 heteroatoms. The number of hydrogen-bond donors (Lipinski definition) is 0. The van der Waals surface area contributed by atoms with Gasteiger partial charge in [-0.05, 0) is 42.5 Å². The number of aryl methyl sites for hydroxylation is 1. The number of halogens is 8. The predicted molar refractivity (Wildman–Crippen MR) is 127 cm³/mol. The minimum atomic E-state index is -4.59. The molecule has 0 spiro atoms. The van der Waals surface area contributed by atoms with E-state index in [2.05, 4.69) is 15.2 Å². The van der Waals surface area contributed by atoms with Crippen LogP contribution in [0.2, 0.25) is 10.0 Å². The molecule has 0 N–H and O–H groups in total. The Balaban J connectivity index is 1.72. The molecule has 0 aliphatic carbocycles. The van der Waals surface area contributed by atoms with E-state index >= 15 is 0 Å². The first-order chi connectivity index (χ1) is 17.8. The molecule has 0 aliphatic rings. The van der Waals surface area contributed by atoms with Crippen LogP contribution < -0.4 is 5.69 Å². The lowest BCUT2D eigenvalue weighted by Gasteiger charge is -2.11. The lowest BCUT2D eigenvalue weighted by Crippen LogP contribution is -2.27. The van der Waals surface area contributed by atoms with Crippen LogP contribution in [0.15, 0.2) is 47.3 Å². The Morgan fingerprint density at radius 2 is 1.63 bits per heavy atom. The summed E-state index contributed by atoms with van der Waals surface area (Å²) in [4.78, 5) is 17.4. The number of hydrogen-bond acceptors (Lipinski definition) is 4. The number of alkyl halides is 6. The molecular weight excluding hydrogens is 561 g/mol. The molecule has 2 heterocycles. The summed E-state index contributed by atoms with van der Waals surface area (Å²) in [6, 6.07) is 8.84. The van der Waals surface area contributed by atoms with Crippen molar-refractivity contribution in [1.82, 2.24) is 29.1 Å². The van der Waals surface area contributed by atoms with Gasteiger partial charge in [-0.1, -0.05) is 30.1 Å². The SMILES string of the molecule is CCc1nc(Cn2nc(-c3ccc(Cl)cc3)n(CCC(F)(F)F)c2=O)nn1-c1ccc(C(F)(F)F)cc1Cl. The van der Waals surface area contributed by atoms with Gasteiger partial charge in [0.1, 0.15) is 12.4 Å². The molecule has 0 atom stereocenters. The summed E-state index contributed by atoms with van der Waals surface area (Å²) >= 11 is 12.0. The van der Waals surface area contributed by atoms with Crippen LogP contribution in [0.4, 0.5) is 26.3 Å². The zero-order chi connectivity index (χ0) is 27.8. The average molecular weight is 579 g/mol. The molecule has 202 valence electrons. The van der Waals surface area contributed by atoms with Gasteiger partial charge in [0.25, 0.3) is 0 Å². The van der Waals surface area contributed by atoms with E-state index in [-0.39, 0.29) is 28.9 Å². The smallest absolute Gasteiger partial charge is 0.275 e. The molecule has 0 bridgehead atoms. The Bertz CT molecular complexity index is 1500. The summed E-state index contributed by atoms with van der Waals surface area (Å²) < 4.78 is 80.9. The zero-order valence-corrected chi connectivity index (χ0v) is 21.0. The number of aromatic nitrogens is 6. The molecule has 0 saturated carbocycles. The molecule has 4 aromatic rings. The van der Waals surface area contributed by atoms with Crippen molar-refractivity contribution in [2.75, 3.05) is 0 Å². The third-order valence-electron chi connectivity index (χ3n) is 5.47. The summed E-state index contributed by atoms with van der Waals surface area (Å²) in [6.07, 6.45) is -10.0. The van der Waals surface area contributed by atoms with Crippen molar-refractivity contribution in [3.8, 4) is 17.1 Å². The average Bonchev–Trinajstić information content (AvgIpc) is 3.38. The first-order valence-electron chi connectivity index (χ1n) is 11.1. The van der Waals surface area contributed by atoms with Crippen molar-refractivity contribution in [1.29, 1.82) is 0 Å². The monoisotopic (exact) mass is 578 g/mol. The lowest BCUT2D eigenvalue weighted by atomic mass is 10.2. The Morgan fingerprint density at radius 3 is 2.21 bits per heavy atom. The van der Waals surface area contributed by atoms with Crippen LogP contribution in [0.1, 0.15) is 30.6 Å². The molecular formula is C23H18Cl2F6N6O. The Hall–Kier alpha value is -3.32. The molecule has 4 rings (SSSR count). The highest BCUT2D eigenvalue weighted by Crippen LogP contribution is 2.33. The van der Waals surface area contributed by atoms with Crippen molar-refractivity contribution < 1.29 is 26.3 Å². The zero-order valence-electron chi connectivity index (χ0n) is 19.5. The maximum absolute atomic E-state index is 13.0. The van der Waals surface area contributed by atoms with Crippen LogP contribution in [0.25, 0.3) is 17.1 Å². The van der Waals surface area contributed by atoms with Gasteiger partial charge in [-0.25, -0.2) is 19.1 Å². The van der Waals surface area contributed by atoms with Crippen LogP contribution in [-0.2, 0) is 25.7 Å². The second kappa shape index (κ2) is 10.4. The first-order valence-corrected chi connectivity index (χ1v) is 11.8. The lowest BCUT2D eigenvalue weighted by molar-refractivity contribution is -0.138. The molecule has 7 nitrogen and oxygen atoms in total. The summed E-state index contributed by atoms with van der Waals surface area (Å²) in [5, 5.41) is 8.67. The first kappa shape index (κ1) is 27.7. The van der Waals surface area contributed by atoms with Gasteiger partial charge in [0.05, 0.1) is 22.7 Å². The number of benzene rings is 2. The molecule has 0 aliphatic heterocycles. The Kier molecular flexibility index (Phi) is 7.62. The molecule has 38 heavy (non-hydrogen) atoms. The minimum Gasteiger partial charge on any atom is -0.275 e. The van der Waals surface area contributed by atoms with E-state index in [1.54, 1.807) is 6.92 Å².